The molecule has 8 aromatic rings. The van der Waals surface area contributed by atoms with Crippen molar-refractivity contribution < 1.29 is 24.5 Å². The van der Waals surface area contributed by atoms with Gasteiger partial charge in [0.15, 0.2) is 0 Å². The topological polar surface area (TPSA) is 51.8 Å². The second-order valence-electron chi connectivity index (χ2n) is 12.3. The number of nitrogens with zero attached hydrogens (tertiary/aromatic N) is 3. The van der Waals surface area contributed by atoms with Gasteiger partial charge in [-0.25, -0.2) is 0 Å². The molecule has 0 unspecified atom stereocenters. The summed E-state index contributed by atoms with van der Waals surface area (Å²) in [4.78, 5) is 13.9. The van der Waals surface area contributed by atoms with E-state index in [1.54, 1.807) is 6.26 Å². The fourth-order valence-electron chi connectivity index (χ4n) is 5.89. The zero-order chi connectivity index (χ0) is 32.7. The quantitative estimate of drug-likeness (QED) is 0.167. The van der Waals surface area contributed by atoms with Crippen LogP contribution < -0.4 is 0 Å². The van der Waals surface area contributed by atoms with E-state index in [9.17, 15) is 0 Å². The Hall–Kier alpha value is -4.96. The number of aromatic nitrogens is 3. The van der Waals surface area contributed by atoms with Crippen LogP contribution in [0.15, 0.2) is 108 Å². The molecule has 4 heterocycles. The standard InChI is InChI=1S/C28H19N2O.C15H16N.Ir/c1-17-4-3-5-21-14-19(7-9-23(17)21)20-10-12-29-26(16-20)25-15-22-11-13-31-28(22)27-24(25)8-6-18(2)30-27;1-10-5-6-14(7-11(10)2)15-8-12(3)13(4)9-16-15;/h3-14,16H,1-2H3;5,7-9H,1-4H3;/q2*-1;. The van der Waals surface area contributed by atoms with Gasteiger partial charge in [-0.1, -0.05) is 90.3 Å². The Morgan fingerprint density at radius 1 is 0.646 bits per heavy atom. The second-order valence-corrected chi connectivity index (χ2v) is 12.3. The molecule has 0 saturated heterocycles. The predicted molar refractivity (Wildman–Crippen MR) is 193 cm³/mol. The van der Waals surface area contributed by atoms with Crippen molar-refractivity contribution in [1.82, 2.24) is 15.0 Å². The Morgan fingerprint density at radius 3 is 2.25 bits per heavy atom. The average molecular weight is 802 g/mol. The zero-order valence-electron chi connectivity index (χ0n) is 27.9. The molecule has 1 radical (unpaired) electrons. The van der Waals surface area contributed by atoms with E-state index in [2.05, 4.69) is 123 Å². The summed E-state index contributed by atoms with van der Waals surface area (Å²) in [5.41, 5.74) is 15.1. The molecule has 0 N–H and O–H groups in total. The number of hydrogen-bond acceptors (Lipinski definition) is 4. The summed E-state index contributed by atoms with van der Waals surface area (Å²) in [6.07, 6.45) is 5.48. The summed E-state index contributed by atoms with van der Waals surface area (Å²) >= 11 is 0. The number of fused-ring (bicyclic) bond motifs is 4. The minimum absolute atomic E-state index is 0. The molecule has 0 fully saturated rings. The first kappa shape index (κ1) is 33.0. The van der Waals surface area contributed by atoms with Crippen LogP contribution in [0.4, 0.5) is 0 Å². The summed E-state index contributed by atoms with van der Waals surface area (Å²) in [5.74, 6) is 0. The molecule has 48 heavy (non-hydrogen) atoms. The third-order valence-electron chi connectivity index (χ3n) is 8.97. The van der Waals surface area contributed by atoms with E-state index in [0.717, 1.165) is 55.6 Å². The molecule has 0 aliphatic heterocycles. The fourth-order valence-corrected chi connectivity index (χ4v) is 5.89. The SMILES string of the molecule is Cc1c[c-]c(-c2cc(C)c(C)cn2)cc1C.Cc1ccc2c(-c3cc(-c4ccc5c(C)cccc5c4)ccn3)[c-]c3ccoc3c2n1.[Ir]. The average Bonchev–Trinajstić information content (AvgIpc) is 3.56. The third kappa shape index (κ3) is 6.44. The molecule has 4 nitrogen and oxygen atoms in total. The number of hydrogen-bond donors (Lipinski definition) is 0. The normalized spacial score (nSPS) is 11.0. The van der Waals surface area contributed by atoms with E-state index >= 15 is 0 Å². The summed E-state index contributed by atoms with van der Waals surface area (Å²) in [6.45, 7) is 12.6. The Labute approximate surface area is 295 Å². The first-order chi connectivity index (χ1) is 22.7. The van der Waals surface area contributed by atoms with Gasteiger partial charge in [-0.05, 0) is 84.6 Å². The smallest absolute Gasteiger partial charge is 0.0847 e. The van der Waals surface area contributed by atoms with Gasteiger partial charge >= 0.3 is 0 Å². The number of rotatable bonds is 3. The Kier molecular flexibility index (Phi) is 9.37. The van der Waals surface area contributed by atoms with Crippen molar-refractivity contribution in [3.63, 3.8) is 0 Å². The number of benzene rings is 4. The van der Waals surface area contributed by atoms with E-state index in [4.69, 9.17) is 9.40 Å². The Morgan fingerprint density at radius 2 is 1.44 bits per heavy atom. The number of furan rings is 1. The van der Waals surface area contributed by atoms with E-state index in [-0.39, 0.29) is 20.1 Å². The van der Waals surface area contributed by atoms with Crippen molar-refractivity contribution >= 4 is 32.6 Å². The van der Waals surface area contributed by atoms with Crippen molar-refractivity contribution in [2.45, 2.75) is 41.5 Å². The first-order valence-electron chi connectivity index (χ1n) is 15.8. The van der Waals surface area contributed by atoms with Gasteiger partial charge in [0.2, 0.25) is 0 Å². The molecular weight excluding hydrogens is 767 g/mol. The molecule has 239 valence electrons. The van der Waals surface area contributed by atoms with Crippen molar-refractivity contribution in [2.24, 2.45) is 0 Å². The van der Waals surface area contributed by atoms with Crippen LogP contribution in [0.1, 0.15) is 33.5 Å². The fraction of sp³-hybridized carbons (Fsp3) is 0.140. The maximum atomic E-state index is 5.71. The minimum Gasteiger partial charge on any atom is -0.506 e. The van der Waals surface area contributed by atoms with Crippen LogP contribution in [0.3, 0.4) is 0 Å². The summed E-state index contributed by atoms with van der Waals surface area (Å²) in [7, 11) is 0. The predicted octanol–water partition coefficient (Wildman–Crippen LogP) is 11.1. The second kappa shape index (κ2) is 13.6. The monoisotopic (exact) mass is 802 g/mol. The third-order valence-corrected chi connectivity index (χ3v) is 8.97. The molecule has 0 aliphatic rings. The van der Waals surface area contributed by atoms with Crippen LogP contribution in [-0.4, -0.2) is 15.0 Å². The van der Waals surface area contributed by atoms with Crippen molar-refractivity contribution in [2.75, 3.05) is 0 Å². The van der Waals surface area contributed by atoms with Gasteiger partial charge in [-0.3, -0.25) is 9.97 Å². The van der Waals surface area contributed by atoms with Gasteiger partial charge in [0.1, 0.15) is 0 Å². The molecule has 0 aliphatic carbocycles. The van der Waals surface area contributed by atoms with Crippen LogP contribution >= 0.6 is 0 Å². The van der Waals surface area contributed by atoms with E-state index in [0.29, 0.717) is 0 Å². The minimum atomic E-state index is 0. The van der Waals surface area contributed by atoms with E-state index < -0.39 is 0 Å². The summed E-state index contributed by atoms with van der Waals surface area (Å²) in [5, 5.41) is 4.43. The van der Waals surface area contributed by atoms with E-state index in [1.807, 2.05) is 37.5 Å². The summed E-state index contributed by atoms with van der Waals surface area (Å²) in [6, 6.07) is 36.3. The largest absolute Gasteiger partial charge is 0.506 e. The molecule has 4 aromatic carbocycles. The molecule has 0 spiro atoms. The van der Waals surface area contributed by atoms with Crippen LogP contribution in [-0.2, 0) is 20.1 Å². The van der Waals surface area contributed by atoms with Crippen LogP contribution in [0.2, 0.25) is 0 Å². The van der Waals surface area contributed by atoms with Gasteiger partial charge in [0, 0.05) is 55.7 Å². The Bertz CT molecular complexity index is 2390. The summed E-state index contributed by atoms with van der Waals surface area (Å²) < 4.78 is 5.71. The maximum Gasteiger partial charge on any atom is 0.0847 e. The molecular formula is C43H35IrN3O-2. The van der Waals surface area contributed by atoms with Crippen LogP contribution in [0.5, 0.6) is 0 Å². The van der Waals surface area contributed by atoms with Crippen LogP contribution in [0, 0.1) is 53.7 Å². The van der Waals surface area contributed by atoms with Crippen molar-refractivity contribution in [1.29, 1.82) is 0 Å². The van der Waals surface area contributed by atoms with Gasteiger partial charge in [0.05, 0.1) is 5.58 Å². The molecule has 5 heteroatoms. The number of pyridine rings is 3. The van der Waals surface area contributed by atoms with Crippen molar-refractivity contribution in [3.8, 4) is 33.6 Å². The van der Waals surface area contributed by atoms with Gasteiger partial charge in [0.25, 0.3) is 0 Å². The van der Waals surface area contributed by atoms with Gasteiger partial charge < -0.3 is 9.40 Å². The van der Waals surface area contributed by atoms with Crippen LogP contribution in [0.25, 0.3) is 66.3 Å². The first-order valence-corrected chi connectivity index (χ1v) is 15.8. The van der Waals surface area contributed by atoms with E-state index in [1.165, 1.54) is 44.2 Å². The van der Waals surface area contributed by atoms with Crippen molar-refractivity contribution in [3.05, 3.63) is 149 Å². The van der Waals surface area contributed by atoms with Gasteiger partial charge in [-0.2, -0.15) is 0 Å². The zero-order valence-corrected chi connectivity index (χ0v) is 30.3. The molecule has 8 rings (SSSR count). The molecule has 0 saturated carbocycles. The van der Waals surface area contributed by atoms with Gasteiger partial charge in [-0.15, -0.1) is 41.0 Å². The maximum absolute atomic E-state index is 5.71. The molecule has 4 aromatic heterocycles. The molecule has 0 bridgehead atoms. The number of aryl methyl sites for hydroxylation is 6. The Balaban J connectivity index is 0.000000201. The molecule has 0 amide bonds. The molecule has 0 atom stereocenters.